The van der Waals surface area contributed by atoms with Crippen molar-refractivity contribution in [2.75, 3.05) is 4.31 Å². The predicted octanol–water partition coefficient (Wildman–Crippen LogP) is 6.35. The Balaban J connectivity index is 2.35. The highest BCUT2D eigenvalue weighted by atomic mass is 35.5. The Labute approximate surface area is 193 Å². The molecular weight excluding hydrogens is 492 g/mol. The third kappa shape index (κ3) is 3.98. The summed E-state index contributed by atoms with van der Waals surface area (Å²) in [5.41, 5.74) is 0.419. The normalized spacial score (nSPS) is 11.4. The van der Waals surface area contributed by atoms with Crippen LogP contribution in [0.3, 0.4) is 0 Å². The maximum atomic E-state index is 13.5. The van der Waals surface area contributed by atoms with Gasteiger partial charge in [-0.2, -0.15) is 4.31 Å². The summed E-state index contributed by atoms with van der Waals surface area (Å²) in [5, 5.41) is 8.23. The first-order valence-corrected chi connectivity index (χ1v) is 11.3. The van der Waals surface area contributed by atoms with Crippen molar-refractivity contribution in [3.63, 3.8) is 0 Å². The van der Waals surface area contributed by atoms with Gasteiger partial charge in [0.15, 0.2) is 5.75 Å². The molecule has 3 rings (SSSR count). The van der Waals surface area contributed by atoms with E-state index in [2.05, 4.69) is 0 Å². The Bertz CT molecular complexity index is 1200. The van der Waals surface area contributed by atoms with E-state index in [0.29, 0.717) is 4.31 Å². The fourth-order valence-electron chi connectivity index (χ4n) is 2.63. The molecule has 0 heterocycles. The van der Waals surface area contributed by atoms with Gasteiger partial charge in [0.1, 0.15) is 15.7 Å². The number of hydrogen-bond acceptors (Lipinski definition) is 4. The Morgan fingerprint density at radius 1 is 0.833 bits per heavy atom. The van der Waals surface area contributed by atoms with Crippen molar-refractivity contribution >= 4 is 68.0 Å². The monoisotopic (exact) mass is 503 g/mol. The summed E-state index contributed by atoms with van der Waals surface area (Å²) in [7, 11) is -4.49. The second-order valence-corrected chi connectivity index (χ2v) is 9.51. The lowest BCUT2D eigenvalue weighted by Gasteiger charge is -2.26. The minimum Gasteiger partial charge on any atom is -0.505 e. The van der Waals surface area contributed by atoms with E-state index < -0.39 is 47.5 Å². The third-order valence-electron chi connectivity index (χ3n) is 4.18. The average Bonchev–Trinajstić information content (AvgIpc) is 2.74. The Morgan fingerprint density at radius 3 is 1.83 bits per heavy atom. The van der Waals surface area contributed by atoms with Crippen LogP contribution in [0.2, 0.25) is 20.1 Å². The molecule has 0 unspecified atom stereocenters. The molecule has 0 aromatic heterocycles. The molecule has 3 aromatic rings. The van der Waals surface area contributed by atoms with Crippen LogP contribution in [0.5, 0.6) is 5.75 Å². The van der Waals surface area contributed by atoms with E-state index in [4.69, 9.17) is 46.4 Å². The summed E-state index contributed by atoms with van der Waals surface area (Å²) < 4.78 is 27.5. The molecule has 0 aliphatic rings. The van der Waals surface area contributed by atoms with Crippen molar-refractivity contribution in [1.29, 1.82) is 0 Å². The van der Waals surface area contributed by atoms with Crippen LogP contribution < -0.4 is 4.31 Å². The minimum atomic E-state index is -4.49. The molecule has 156 valence electrons. The predicted molar refractivity (Wildman–Crippen MR) is 120 cm³/mol. The van der Waals surface area contributed by atoms with Crippen molar-refractivity contribution in [3.05, 3.63) is 85.8 Å². The van der Waals surface area contributed by atoms with Crippen molar-refractivity contribution in [2.45, 2.75) is 11.8 Å². The van der Waals surface area contributed by atoms with Crippen molar-refractivity contribution in [3.8, 4) is 5.75 Å². The van der Waals surface area contributed by atoms with Crippen LogP contribution in [-0.2, 0) is 10.0 Å². The maximum absolute atomic E-state index is 13.5. The van der Waals surface area contributed by atoms with Crippen LogP contribution in [0.15, 0.2) is 59.5 Å². The van der Waals surface area contributed by atoms with Gasteiger partial charge in [0.25, 0.3) is 15.9 Å². The molecule has 0 saturated carbocycles. The lowest BCUT2D eigenvalue weighted by molar-refractivity contribution is 0.101. The molecule has 3 aromatic carbocycles. The van der Waals surface area contributed by atoms with Gasteiger partial charge in [-0.05, 0) is 31.2 Å². The fraction of sp³-hybridized carbons (Fsp3) is 0.0500. The molecule has 0 fully saturated rings. The number of aromatic hydroxyl groups is 1. The Kier molecular flexibility index (Phi) is 6.55. The SMILES string of the molecule is Cc1ccc(S(=O)(=O)N(C(=O)c2ccccc2)c2c(Cl)c(Cl)c(O)c(Cl)c2Cl)cc1. The van der Waals surface area contributed by atoms with Crippen LogP contribution in [0.1, 0.15) is 15.9 Å². The summed E-state index contributed by atoms with van der Waals surface area (Å²) in [6, 6.07) is 13.5. The van der Waals surface area contributed by atoms with E-state index in [0.717, 1.165) is 5.56 Å². The number of hydrogen-bond donors (Lipinski definition) is 1. The van der Waals surface area contributed by atoms with Crippen LogP contribution in [0, 0.1) is 6.92 Å². The summed E-state index contributed by atoms with van der Waals surface area (Å²) in [5.74, 6) is -1.56. The average molecular weight is 505 g/mol. The van der Waals surface area contributed by atoms with Crippen molar-refractivity contribution < 1.29 is 18.3 Å². The first kappa shape index (κ1) is 22.7. The standard InChI is InChI=1S/C20H13Cl4NO4S/c1-11-7-9-13(10-8-11)30(28,29)25(20(27)12-5-3-2-4-6-12)18-14(21)16(23)19(26)17(24)15(18)22/h2-10,26H,1H3. The summed E-state index contributed by atoms with van der Waals surface area (Å²) in [6.45, 7) is 1.79. The molecule has 0 aliphatic carbocycles. The van der Waals surface area contributed by atoms with Crippen LogP contribution >= 0.6 is 46.4 Å². The first-order chi connectivity index (χ1) is 14.1. The van der Waals surface area contributed by atoms with E-state index in [1.807, 2.05) is 0 Å². The highest BCUT2D eigenvalue weighted by Gasteiger charge is 2.37. The molecule has 30 heavy (non-hydrogen) atoms. The highest BCUT2D eigenvalue weighted by molar-refractivity contribution is 7.93. The first-order valence-electron chi connectivity index (χ1n) is 8.33. The molecule has 1 amide bonds. The van der Waals surface area contributed by atoms with Gasteiger partial charge in [-0.3, -0.25) is 4.79 Å². The summed E-state index contributed by atoms with van der Waals surface area (Å²) in [6.07, 6.45) is 0. The number of carbonyl (C=O) groups is 1. The molecule has 5 nitrogen and oxygen atoms in total. The molecular formula is C20H13Cl4NO4S. The van der Waals surface area contributed by atoms with Crippen molar-refractivity contribution in [1.82, 2.24) is 0 Å². The van der Waals surface area contributed by atoms with Crippen LogP contribution in [0.25, 0.3) is 0 Å². The van der Waals surface area contributed by atoms with E-state index in [1.165, 1.54) is 24.3 Å². The fourth-order valence-corrected chi connectivity index (χ4v) is 5.17. The number of phenolic OH excluding ortho intramolecular Hbond substituents is 1. The smallest absolute Gasteiger partial charge is 0.272 e. The maximum Gasteiger partial charge on any atom is 0.272 e. The number of sulfonamides is 1. The molecule has 1 N–H and O–H groups in total. The van der Waals surface area contributed by atoms with E-state index in [-0.39, 0.29) is 10.5 Å². The van der Waals surface area contributed by atoms with Gasteiger partial charge < -0.3 is 5.11 Å². The number of nitrogens with zero attached hydrogens (tertiary/aromatic N) is 1. The molecule has 10 heteroatoms. The zero-order valence-corrected chi connectivity index (χ0v) is 19.1. The quantitative estimate of drug-likeness (QED) is 0.420. The Morgan fingerprint density at radius 2 is 1.33 bits per heavy atom. The lowest BCUT2D eigenvalue weighted by Crippen LogP contribution is -2.37. The van der Waals surface area contributed by atoms with E-state index >= 15 is 0 Å². The Hall–Kier alpha value is -1.96. The number of amides is 1. The van der Waals surface area contributed by atoms with Gasteiger partial charge in [-0.15, -0.1) is 0 Å². The number of phenols is 1. The van der Waals surface area contributed by atoms with Gasteiger partial charge in [0.05, 0.1) is 14.9 Å². The van der Waals surface area contributed by atoms with Gasteiger partial charge >= 0.3 is 0 Å². The number of anilines is 1. The number of carbonyl (C=O) groups excluding carboxylic acids is 1. The number of rotatable bonds is 4. The molecule has 0 atom stereocenters. The second kappa shape index (κ2) is 8.65. The minimum absolute atomic E-state index is 0.0561. The van der Waals surface area contributed by atoms with Gasteiger partial charge in [0.2, 0.25) is 0 Å². The zero-order chi connectivity index (χ0) is 22.2. The lowest BCUT2D eigenvalue weighted by atomic mass is 10.2. The third-order valence-corrected chi connectivity index (χ3v) is 7.55. The summed E-state index contributed by atoms with van der Waals surface area (Å²) >= 11 is 24.5. The van der Waals surface area contributed by atoms with Crippen LogP contribution in [-0.4, -0.2) is 19.4 Å². The second-order valence-electron chi connectivity index (χ2n) is 6.21. The summed E-state index contributed by atoms with van der Waals surface area (Å²) in [4.78, 5) is 13.1. The largest absolute Gasteiger partial charge is 0.505 e. The van der Waals surface area contributed by atoms with E-state index in [1.54, 1.807) is 37.3 Å². The molecule has 0 bridgehead atoms. The topological polar surface area (TPSA) is 74.7 Å². The van der Waals surface area contributed by atoms with Gasteiger partial charge in [0, 0.05) is 5.56 Å². The van der Waals surface area contributed by atoms with E-state index in [9.17, 15) is 18.3 Å². The molecule has 0 saturated heterocycles. The number of halogens is 4. The number of aryl methyl sites for hydroxylation is 1. The van der Waals surface area contributed by atoms with Gasteiger partial charge in [-0.25, -0.2) is 8.42 Å². The van der Waals surface area contributed by atoms with Crippen molar-refractivity contribution in [2.24, 2.45) is 0 Å². The zero-order valence-electron chi connectivity index (χ0n) is 15.2. The molecule has 0 aliphatic heterocycles. The highest BCUT2D eigenvalue weighted by Crippen LogP contribution is 2.50. The molecule has 0 radical (unpaired) electrons. The van der Waals surface area contributed by atoms with Gasteiger partial charge in [-0.1, -0.05) is 82.3 Å². The molecule has 0 spiro atoms. The number of benzene rings is 3. The van der Waals surface area contributed by atoms with Crippen LogP contribution in [0.4, 0.5) is 5.69 Å².